The van der Waals surface area contributed by atoms with Gasteiger partial charge in [0, 0.05) is 22.9 Å². The monoisotopic (exact) mass is 330 g/mol. The third kappa shape index (κ3) is 3.37. The molecule has 2 aromatic rings. The highest BCUT2D eigenvalue weighted by Gasteiger charge is 2.30. The Kier molecular flexibility index (Phi) is 4.20. The van der Waals surface area contributed by atoms with E-state index in [0.29, 0.717) is 11.4 Å². The quantitative estimate of drug-likeness (QED) is 0.869. The summed E-state index contributed by atoms with van der Waals surface area (Å²) < 4.78 is 37.7. The van der Waals surface area contributed by atoms with Crippen LogP contribution in [-0.4, -0.2) is 18.2 Å². The van der Waals surface area contributed by atoms with Crippen LogP contribution in [0.2, 0.25) is 0 Å². The Labute approximate surface area is 136 Å². The van der Waals surface area contributed by atoms with Gasteiger partial charge in [0.25, 0.3) is 0 Å². The fourth-order valence-corrected chi connectivity index (χ4v) is 2.31. The summed E-state index contributed by atoms with van der Waals surface area (Å²) in [6, 6.07) is 13.6. The highest BCUT2D eigenvalue weighted by atomic mass is 19.4. The molecule has 0 unspecified atom stereocenters. The number of hydrogen-bond donors (Lipinski definition) is 1. The van der Waals surface area contributed by atoms with E-state index in [0.717, 1.165) is 17.7 Å². The first kappa shape index (κ1) is 16.0. The van der Waals surface area contributed by atoms with Crippen molar-refractivity contribution in [3.63, 3.8) is 0 Å². The van der Waals surface area contributed by atoms with Crippen molar-refractivity contribution in [3.05, 3.63) is 83.1 Å². The summed E-state index contributed by atoms with van der Waals surface area (Å²) >= 11 is 0. The molecule has 0 atom stereocenters. The first-order chi connectivity index (χ1) is 11.4. The van der Waals surface area contributed by atoms with Crippen LogP contribution in [0.4, 0.5) is 13.2 Å². The van der Waals surface area contributed by atoms with E-state index in [4.69, 9.17) is 0 Å². The number of benzene rings is 2. The number of carbonyl (C=O) groups is 1. The number of carbonyl (C=O) groups excluding carboxylic acids is 1. The van der Waals surface area contributed by atoms with Crippen molar-refractivity contribution in [2.75, 3.05) is 6.54 Å². The summed E-state index contributed by atoms with van der Waals surface area (Å²) in [7, 11) is 0. The van der Waals surface area contributed by atoms with E-state index in [9.17, 15) is 18.0 Å². The summed E-state index contributed by atoms with van der Waals surface area (Å²) in [4.78, 5) is 16.7. The molecule has 1 aliphatic heterocycles. The van der Waals surface area contributed by atoms with Gasteiger partial charge in [-0.15, -0.1) is 0 Å². The molecule has 2 aromatic carbocycles. The molecular formula is C18H13F3N2O. The topological polar surface area (TPSA) is 41.5 Å². The summed E-state index contributed by atoms with van der Waals surface area (Å²) in [5.41, 5.74) is 0.720. The average Bonchev–Trinajstić information content (AvgIpc) is 2.61. The molecule has 0 saturated heterocycles. The number of nitrogens with one attached hydrogen (secondary N) is 1. The predicted molar refractivity (Wildman–Crippen MR) is 84.8 cm³/mol. The lowest BCUT2D eigenvalue weighted by atomic mass is 10.0. The fourth-order valence-electron chi connectivity index (χ4n) is 2.31. The molecule has 3 rings (SSSR count). The first-order valence-electron chi connectivity index (χ1n) is 7.22. The van der Waals surface area contributed by atoms with Crippen LogP contribution in [0.5, 0.6) is 0 Å². The van der Waals surface area contributed by atoms with Crippen molar-refractivity contribution >= 4 is 11.6 Å². The van der Waals surface area contributed by atoms with Gasteiger partial charge in [0.05, 0.1) is 12.1 Å². The fraction of sp³-hybridized carbons (Fsp3) is 0.111. The van der Waals surface area contributed by atoms with Crippen LogP contribution < -0.4 is 5.32 Å². The normalized spacial score (nSPS) is 14.5. The number of ketones is 1. The van der Waals surface area contributed by atoms with E-state index in [1.807, 2.05) is 30.3 Å². The molecule has 0 amide bonds. The second-order valence-corrected chi connectivity index (χ2v) is 5.25. The maximum absolute atomic E-state index is 12.6. The number of aliphatic imine (C=N–C) groups is 1. The number of Topliss-reactive ketones (excluding diaryl/α,β-unsaturated/α-hetero) is 1. The number of nitrogens with zero attached hydrogens (tertiary/aromatic N) is 1. The molecule has 0 saturated carbocycles. The molecule has 122 valence electrons. The standard InChI is InChI=1S/C18H13F3N2O/c19-18(20,21)15-8-6-12(7-9-15)16(24)14-10-22-17(23-11-14)13-4-2-1-3-5-13/h1-10H,11H2,(H,22,23). The van der Waals surface area contributed by atoms with Crippen molar-refractivity contribution in [1.29, 1.82) is 0 Å². The molecule has 24 heavy (non-hydrogen) atoms. The van der Waals surface area contributed by atoms with Gasteiger partial charge in [0.2, 0.25) is 0 Å². The molecule has 6 heteroatoms. The van der Waals surface area contributed by atoms with Gasteiger partial charge >= 0.3 is 6.18 Å². The lowest BCUT2D eigenvalue weighted by Crippen LogP contribution is -2.26. The zero-order chi connectivity index (χ0) is 17.2. The second kappa shape index (κ2) is 6.31. The van der Waals surface area contributed by atoms with E-state index in [-0.39, 0.29) is 17.9 Å². The molecule has 0 radical (unpaired) electrons. The van der Waals surface area contributed by atoms with E-state index >= 15 is 0 Å². The Bertz CT molecular complexity index is 806. The molecule has 0 aliphatic carbocycles. The predicted octanol–water partition coefficient (Wildman–Crippen LogP) is 3.82. The van der Waals surface area contributed by atoms with E-state index < -0.39 is 11.7 Å². The summed E-state index contributed by atoms with van der Waals surface area (Å²) in [5, 5.41) is 2.96. The van der Waals surface area contributed by atoms with Gasteiger partial charge in [-0.25, -0.2) is 0 Å². The zero-order valence-electron chi connectivity index (χ0n) is 12.5. The third-order valence-corrected chi connectivity index (χ3v) is 3.60. The second-order valence-electron chi connectivity index (χ2n) is 5.25. The van der Waals surface area contributed by atoms with Crippen LogP contribution in [0.15, 0.2) is 71.4 Å². The van der Waals surface area contributed by atoms with Crippen molar-refractivity contribution in [2.24, 2.45) is 4.99 Å². The Morgan fingerprint density at radius 1 is 1.00 bits per heavy atom. The van der Waals surface area contributed by atoms with Crippen molar-refractivity contribution in [2.45, 2.75) is 6.18 Å². The van der Waals surface area contributed by atoms with Crippen molar-refractivity contribution in [3.8, 4) is 0 Å². The van der Waals surface area contributed by atoms with E-state index in [1.165, 1.54) is 12.1 Å². The highest BCUT2D eigenvalue weighted by molar-refractivity contribution is 6.11. The van der Waals surface area contributed by atoms with Gasteiger partial charge < -0.3 is 5.32 Å². The molecule has 1 N–H and O–H groups in total. The maximum Gasteiger partial charge on any atom is 0.416 e. The first-order valence-corrected chi connectivity index (χ1v) is 7.22. The summed E-state index contributed by atoms with van der Waals surface area (Å²) in [5.74, 6) is 0.312. The number of hydrogen-bond acceptors (Lipinski definition) is 3. The van der Waals surface area contributed by atoms with Crippen LogP contribution in [0.3, 0.4) is 0 Å². The molecule has 0 fully saturated rings. The molecular weight excluding hydrogens is 317 g/mol. The molecule has 0 bridgehead atoms. The lowest BCUT2D eigenvalue weighted by Gasteiger charge is -2.15. The minimum absolute atomic E-state index is 0.178. The van der Waals surface area contributed by atoms with Gasteiger partial charge in [-0.05, 0) is 12.1 Å². The van der Waals surface area contributed by atoms with Gasteiger partial charge in [-0.3, -0.25) is 9.79 Å². The molecule has 1 aliphatic rings. The third-order valence-electron chi connectivity index (χ3n) is 3.60. The van der Waals surface area contributed by atoms with Crippen LogP contribution in [-0.2, 0) is 6.18 Å². The van der Waals surface area contributed by atoms with Gasteiger partial charge in [0.15, 0.2) is 5.78 Å². The van der Waals surface area contributed by atoms with Crippen LogP contribution in [0.25, 0.3) is 0 Å². The number of amidine groups is 1. The SMILES string of the molecule is O=C(C1=CNC(c2ccccc2)=NC1)c1ccc(C(F)(F)F)cc1. The Hall–Kier alpha value is -2.89. The minimum atomic E-state index is -4.41. The number of rotatable bonds is 3. The van der Waals surface area contributed by atoms with Crippen molar-refractivity contribution < 1.29 is 18.0 Å². The van der Waals surface area contributed by atoms with E-state index in [1.54, 1.807) is 6.20 Å². The largest absolute Gasteiger partial charge is 0.416 e. The highest BCUT2D eigenvalue weighted by Crippen LogP contribution is 2.29. The molecule has 0 spiro atoms. The van der Waals surface area contributed by atoms with Crippen molar-refractivity contribution in [1.82, 2.24) is 5.32 Å². The maximum atomic E-state index is 12.6. The van der Waals surface area contributed by atoms with Gasteiger partial charge in [0.1, 0.15) is 5.84 Å². The summed E-state index contributed by atoms with van der Waals surface area (Å²) in [6.07, 6.45) is -2.86. The van der Waals surface area contributed by atoms with Crippen LogP contribution in [0, 0.1) is 0 Å². The molecule has 1 heterocycles. The Balaban J connectivity index is 1.72. The van der Waals surface area contributed by atoms with E-state index in [2.05, 4.69) is 10.3 Å². The average molecular weight is 330 g/mol. The van der Waals surface area contributed by atoms with Crippen LogP contribution >= 0.6 is 0 Å². The Morgan fingerprint density at radius 3 is 2.21 bits per heavy atom. The number of halogens is 3. The molecule has 3 nitrogen and oxygen atoms in total. The zero-order valence-corrected chi connectivity index (χ0v) is 12.5. The summed E-state index contributed by atoms with van der Waals surface area (Å²) in [6.45, 7) is 0.178. The molecule has 0 aromatic heterocycles. The smallest absolute Gasteiger partial charge is 0.346 e. The minimum Gasteiger partial charge on any atom is -0.346 e. The Morgan fingerprint density at radius 2 is 1.67 bits per heavy atom. The lowest BCUT2D eigenvalue weighted by molar-refractivity contribution is -0.137. The van der Waals surface area contributed by atoms with Gasteiger partial charge in [-0.1, -0.05) is 42.5 Å². The number of alkyl halides is 3. The van der Waals surface area contributed by atoms with Gasteiger partial charge in [-0.2, -0.15) is 13.2 Å². The van der Waals surface area contributed by atoms with Crippen LogP contribution in [0.1, 0.15) is 21.5 Å².